The zero-order chi connectivity index (χ0) is 23.5. The van der Waals surface area contributed by atoms with Gasteiger partial charge in [0, 0.05) is 57.3 Å². The molecule has 0 radical (unpaired) electrons. The van der Waals surface area contributed by atoms with Gasteiger partial charge in [0.1, 0.15) is 5.82 Å². The highest BCUT2D eigenvalue weighted by atomic mass is 16.2. The lowest BCUT2D eigenvalue weighted by atomic mass is 9.96. The van der Waals surface area contributed by atoms with Crippen LogP contribution in [0.5, 0.6) is 0 Å². The van der Waals surface area contributed by atoms with E-state index in [-0.39, 0.29) is 5.91 Å². The minimum atomic E-state index is 0.212. The fourth-order valence-corrected chi connectivity index (χ4v) is 4.78. The highest BCUT2D eigenvalue weighted by Gasteiger charge is 2.22. The average molecular weight is 457 g/mol. The van der Waals surface area contributed by atoms with Gasteiger partial charge in [-0.2, -0.15) is 4.98 Å². The SMILES string of the molecule is CN1CCN(c2cc(-c3ccc4c(c3)CN(C(=O)CCc3ccccc3)CC4)nc(N)n2)CC1. The molecule has 2 aliphatic heterocycles. The van der Waals surface area contributed by atoms with Crippen LogP contribution in [0.2, 0.25) is 0 Å². The van der Waals surface area contributed by atoms with E-state index < -0.39 is 0 Å². The van der Waals surface area contributed by atoms with Gasteiger partial charge < -0.3 is 20.4 Å². The van der Waals surface area contributed by atoms with Crippen molar-refractivity contribution >= 4 is 17.7 Å². The van der Waals surface area contributed by atoms with Crippen molar-refractivity contribution in [2.45, 2.75) is 25.8 Å². The number of anilines is 2. The van der Waals surface area contributed by atoms with E-state index in [4.69, 9.17) is 5.73 Å². The Balaban J connectivity index is 1.31. The molecular weight excluding hydrogens is 424 g/mol. The Morgan fingerprint density at radius 1 is 0.941 bits per heavy atom. The quantitative estimate of drug-likeness (QED) is 0.636. The number of aryl methyl sites for hydroxylation is 1. The minimum absolute atomic E-state index is 0.212. The van der Waals surface area contributed by atoms with Crippen LogP contribution in [0, 0.1) is 0 Å². The second-order valence-corrected chi connectivity index (χ2v) is 9.29. The zero-order valence-electron chi connectivity index (χ0n) is 19.8. The van der Waals surface area contributed by atoms with Crippen LogP contribution < -0.4 is 10.6 Å². The maximum Gasteiger partial charge on any atom is 0.223 e. The Bertz CT molecular complexity index is 1160. The van der Waals surface area contributed by atoms with Crippen LogP contribution >= 0.6 is 0 Å². The van der Waals surface area contributed by atoms with Crippen LogP contribution in [-0.2, 0) is 24.2 Å². The lowest BCUT2D eigenvalue weighted by molar-refractivity contribution is -0.132. The minimum Gasteiger partial charge on any atom is -0.368 e. The van der Waals surface area contributed by atoms with Crippen LogP contribution in [0.4, 0.5) is 11.8 Å². The zero-order valence-corrected chi connectivity index (χ0v) is 19.8. The molecule has 5 rings (SSSR count). The summed E-state index contributed by atoms with van der Waals surface area (Å²) in [5.41, 5.74) is 11.6. The Kier molecular flexibility index (Phi) is 6.45. The summed E-state index contributed by atoms with van der Waals surface area (Å²) in [5.74, 6) is 1.39. The van der Waals surface area contributed by atoms with E-state index in [1.165, 1.54) is 16.7 Å². The number of likely N-dealkylation sites (N-methyl/N-ethyl adjacent to an activating group) is 1. The predicted octanol–water partition coefficient (Wildman–Crippen LogP) is 3.00. The Morgan fingerprint density at radius 2 is 1.74 bits per heavy atom. The monoisotopic (exact) mass is 456 g/mol. The summed E-state index contributed by atoms with van der Waals surface area (Å²) >= 11 is 0. The highest BCUT2D eigenvalue weighted by molar-refractivity contribution is 5.77. The molecule has 0 spiro atoms. The van der Waals surface area contributed by atoms with E-state index in [1.54, 1.807) is 0 Å². The molecule has 0 atom stereocenters. The van der Waals surface area contributed by atoms with E-state index >= 15 is 0 Å². The smallest absolute Gasteiger partial charge is 0.223 e. The Labute approximate surface area is 201 Å². The summed E-state index contributed by atoms with van der Waals surface area (Å²) in [6, 6.07) is 18.7. The number of nitrogen functional groups attached to an aromatic ring is 1. The molecule has 2 aliphatic rings. The third kappa shape index (κ3) is 5.04. The van der Waals surface area contributed by atoms with Gasteiger partial charge in [-0.3, -0.25) is 4.79 Å². The first-order valence-electron chi connectivity index (χ1n) is 12.1. The third-order valence-corrected chi connectivity index (χ3v) is 6.89. The molecule has 1 aromatic heterocycles. The molecule has 2 aromatic carbocycles. The number of nitrogens with zero attached hydrogens (tertiary/aromatic N) is 5. The largest absolute Gasteiger partial charge is 0.368 e. The molecule has 34 heavy (non-hydrogen) atoms. The molecule has 176 valence electrons. The van der Waals surface area contributed by atoms with Gasteiger partial charge in [-0.05, 0) is 42.6 Å². The van der Waals surface area contributed by atoms with E-state index in [0.29, 0.717) is 18.9 Å². The maximum absolute atomic E-state index is 12.9. The lowest BCUT2D eigenvalue weighted by Gasteiger charge is -2.33. The molecule has 2 N–H and O–H groups in total. The fourth-order valence-electron chi connectivity index (χ4n) is 4.78. The standard InChI is InChI=1S/C27H32N6O/c1-31-13-15-32(16-14-31)25-18-24(29-27(28)30-25)22-9-8-21-11-12-33(19-23(21)17-22)26(34)10-7-20-5-3-2-4-6-20/h2-6,8-9,17-18H,7,10-16,19H2,1H3,(H2,28,29,30). The summed E-state index contributed by atoms with van der Waals surface area (Å²) in [7, 11) is 2.14. The number of hydrogen-bond donors (Lipinski definition) is 1. The summed E-state index contributed by atoms with van der Waals surface area (Å²) < 4.78 is 0. The van der Waals surface area contributed by atoms with Crippen molar-refractivity contribution in [2.24, 2.45) is 0 Å². The molecule has 7 nitrogen and oxygen atoms in total. The summed E-state index contributed by atoms with van der Waals surface area (Å²) in [5, 5.41) is 0. The Hall–Kier alpha value is -3.45. The van der Waals surface area contributed by atoms with E-state index in [1.807, 2.05) is 29.2 Å². The number of rotatable bonds is 5. The molecule has 1 amide bonds. The number of amides is 1. The van der Waals surface area contributed by atoms with Crippen LogP contribution in [0.15, 0.2) is 54.6 Å². The summed E-state index contributed by atoms with van der Waals surface area (Å²) in [6.07, 6.45) is 2.19. The number of piperazine rings is 1. The van der Waals surface area contributed by atoms with Crippen molar-refractivity contribution in [3.8, 4) is 11.3 Å². The average Bonchev–Trinajstić information content (AvgIpc) is 2.87. The van der Waals surface area contributed by atoms with Crippen LogP contribution in [0.1, 0.15) is 23.1 Å². The maximum atomic E-state index is 12.9. The van der Waals surface area contributed by atoms with Crippen molar-refractivity contribution < 1.29 is 4.79 Å². The van der Waals surface area contributed by atoms with E-state index in [2.05, 4.69) is 57.1 Å². The summed E-state index contributed by atoms with van der Waals surface area (Å²) in [4.78, 5) is 28.5. The number of aromatic nitrogens is 2. The first kappa shape index (κ1) is 22.3. The fraction of sp³-hybridized carbons (Fsp3) is 0.370. The van der Waals surface area contributed by atoms with E-state index in [0.717, 1.165) is 62.6 Å². The molecule has 0 bridgehead atoms. The first-order valence-corrected chi connectivity index (χ1v) is 12.1. The van der Waals surface area contributed by atoms with Crippen molar-refractivity contribution in [2.75, 3.05) is 50.4 Å². The van der Waals surface area contributed by atoms with Crippen LogP contribution in [0.25, 0.3) is 11.3 Å². The second kappa shape index (κ2) is 9.81. The number of nitrogens with two attached hydrogens (primary N) is 1. The van der Waals surface area contributed by atoms with Crippen molar-refractivity contribution in [3.05, 3.63) is 71.3 Å². The normalized spacial score (nSPS) is 16.4. The van der Waals surface area contributed by atoms with Crippen LogP contribution in [0.3, 0.4) is 0 Å². The molecule has 3 aromatic rings. The van der Waals surface area contributed by atoms with Gasteiger partial charge in [0.15, 0.2) is 0 Å². The number of benzene rings is 2. The van der Waals surface area contributed by atoms with Crippen molar-refractivity contribution in [1.82, 2.24) is 19.8 Å². The van der Waals surface area contributed by atoms with Crippen LogP contribution in [-0.4, -0.2) is 65.4 Å². The first-order chi connectivity index (χ1) is 16.5. The molecule has 1 fully saturated rings. The van der Waals surface area contributed by atoms with Gasteiger partial charge in [0.2, 0.25) is 11.9 Å². The number of fused-ring (bicyclic) bond motifs is 1. The molecule has 3 heterocycles. The molecule has 0 unspecified atom stereocenters. The van der Waals surface area contributed by atoms with Gasteiger partial charge in [0.05, 0.1) is 5.69 Å². The predicted molar refractivity (Wildman–Crippen MR) is 135 cm³/mol. The molecular formula is C27H32N6O. The van der Waals surface area contributed by atoms with Crippen molar-refractivity contribution in [3.63, 3.8) is 0 Å². The Morgan fingerprint density at radius 3 is 2.53 bits per heavy atom. The van der Waals surface area contributed by atoms with Gasteiger partial charge in [0.25, 0.3) is 0 Å². The number of carbonyl (C=O) groups excluding carboxylic acids is 1. The second-order valence-electron chi connectivity index (χ2n) is 9.29. The van der Waals surface area contributed by atoms with E-state index in [9.17, 15) is 4.79 Å². The van der Waals surface area contributed by atoms with Gasteiger partial charge in [-0.1, -0.05) is 42.5 Å². The molecule has 1 saturated heterocycles. The molecule has 0 aliphatic carbocycles. The molecule has 0 saturated carbocycles. The highest BCUT2D eigenvalue weighted by Crippen LogP contribution is 2.28. The van der Waals surface area contributed by atoms with Gasteiger partial charge >= 0.3 is 0 Å². The topological polar surface area (TPSA) is 78.6 Å². The lowest BCUT2D eigenvalue weighted by Crippen LogP contribution is -2.44. The van der Waals surface area contributed by atoms with Gasteiger partial charge in [-0.25, -0.2) is 4.98 Å². The molecule has 7 heteroatoms. The number of carbonyl (C=O) groups is 1. The number of hydrogen-bond acceptors (Lipinski definition) is 6. The van der Waals surface area contributed by atoms with Gasteiger partial charge in [-0.15, -0.1) is 0 Å². The van der Waals surface area contributed by atoms with Crippen molar-refractivity contribution in [1.29, 1.82) is 0 Å². The summed E-state index contributed by atoms with van der Waals surface area (Å²) in [6.45, 7) is 5.28. The third-order valence-electron chi connectivity index (χ3n) is 6.89.